The largest absolute Gasteiger partial charge is 0.337 e. The van der Waals surface area contributed by atoms with Gasteiger partial charge in [-0.15, -0.1) is 0 Å². The molecular formula is C3H7ClN2O. The molecule has 0 atom stereocenters. The van der Waals surface area contributed by atoms with Gasteiger partial charge in [-0.25, -0.2) is 9.63 Å². The monoisotopic (exact) mass is 122 g/mol. The molecular weight excluding hydrogens is 115 g/mol. The van der Waals surface area contributed by atoms with Gasteiger partial charge in [0.05, 0.1) is 0 Å². The van der Waals surface area contributed by atoms with Gasteiger partial charge in [0.2, 0.25) is 0 Å². The molecule has 2 amide bonds. The Morgan fingerprint density at radius 1 is 1.86 bits per heavy atom. The fourth-order valence-electron chi connectivity index (χ4n) is 0.194. The van der Waals surface area contributed by atoms with Gasteiger partial charge in [0.25, 0.3) is 0 Å². The zero-order chi connectivity index (χ0) is 5.70. The van der Waals surface area contributed by atoms with Crippen molar-refractivity contribution in [2.24, 2.45) is 0 Å². The van der Waals surface area contributed by atoms with Crippen LogP contribution in [0.4, 0.5) is 4.79 Å². The average molecular weight is 123 g/mol. The van der Waals surface area contributed by atoms with E-state index in [1.165, 1.54) is 0 Å². The van der Waals surface area contributed by atoms with Crippen LogP contribution in [0.5, 0.6) is 0 Å². The van der Waals surface area contributed by atoms with Crippen LogP contribution in [0.3, 0.4) is 0 Å². The van der Waals surface area contributed by atoms with Gasteiger partial charge in [0.1, 0.15) is 0 Å². The second kappa shape index (κ2) is 3.74. The molecule has 0 bridgehead atoms. The summed E-state index contributed by atoms with van der Waals surface area (Å²) in [6, 6.07) is -0.357. The first-order chi connectivity index (χ1) is 3.31. The Kier molecular flexibility index (Phi) is 3.50. The van der Waals surface area contributed by atoms with Crippen molar-refractivity contribution in [3.8, 4) is 0 Å². The summed E-state index contributed by atoms with van der Waals surface area (Å²) in [5.74, 6) is 0. The van der Waals surface area contributed by atoms with Crippen LogP contribution < -0.4 is 10.2 Å². The molecule has 0 fully saturated rings. The molecule has 0 saturated heterocycles. The molecule has 0 heterocycles. The smallest absolute Gasteiger partial charge is 0.329 e. The standard InChI is InChI=1S/C3H7ClN2O/c1-2-5-3(7)6-4/h2H2,1H3,(H2,5,6,7). The van der Waals surface area contributed by atoms with E-state index in [0.29, 0.717) is 6.54 Å². The Morgan fingerprint density at radius 2 is 2.43 bits per heavy atom. The number of hydrogen-bond acceptors (Lipinski definition) is 1. The van der Waals surface area contributed by atoms with E-state index in [0.717, 1.165) is 0 Å². The van der Waals surface area contributed by atoms with Crippen molar-refractivity contribution < 1.29 is 4.79 Å². The third-order valence-corrected chi connectivity index (χ3v) is 0.595. The lowest BCUT2D eigenvalue weighted by molar-refractivity contribution is 0.246. The lowest BCUT2D eigenvalue weighted by Gasteiger charge is -1.94. The zero-order valence-corrected chi connectivity index (χ0v) is 4.75. The molecule has 2 N–H and O–H groups in total. The molecule has 3 nitrogen and oxygen atoms in total. The lowest BCUT2D eigenvalue weighted by atomic mass is 10.7. The van der Waals surface area contributed by atoms with E-state index < -0.39 is 0 Å². The van der Waals surface area contributed by atoms with Gasteiger partial charge in [-0.2, -0.15) is 0 Å². The Morgan fingerprint density at radius 3 is 2.57 bits per heavy atom. The van der Waals surface area contributed by atoms with Gasteiger partial charge in [-0.1, -0.05) is 0 Å². The van der Waals surface area contributed by atoms with Crippen LogP contribution in [0, 0.1) is 0 Å². The Bertz CT molecular complexity index is 66.0. The van der Waals surface area contributed by atoms with Crippen molar-refractivity contribution in [1.29, 1.82) is 0 Å². The van der Waals surface area contributed by atoms with Crippen molar-refractivity contribution in [3.05, 3.63) is 0 Å². The van der Waals surface area contributed by atoms with Gasteiger partial charge in [-0.05, 0) is 6.92 Å². The minimum Gasteiger partial charge on any atom is -0.337 e. The lowest BCUT2D eigenvalue weighted by Crippen LogP contribution is -2.29. The molecule has 42 valence electrons. The quantitative estimate of drug-likeness (QED) is 0.488. The molecule has 0 unspecified atom stereocenters. The highest BCUT2D eigenvalue weighted by molar-refractivity contribution is 6.21. The van der Waals surface area contributed by atoms with Crippen LogP contribution >= 0.6 is 11.8 Å². The number of nitrogens with one attached hydrogen (secondary N) is 2. The SMILES string of the molecule is CCNC(=O)NCl. The van der Waals surface area contributed by atoms with Crippen LogP contribution in [-0.2, 0) is 0 Å². The van der Waals surface area contributed by atoms with E-state index in [9.17, 15) is 4.79 Å². The van der Waals surface area contributed by atoms with Crippen molar-refractivity contribution in [2.75, 3.05) is 6.54 Å². The number of amides is 2. The summed E-state index contributed by atoms with van der Waals surface area (Å²) in [6.07, 6.45) is 0. The normalized spacial score (nSPS) is 7.71. The topological polar surface area (TPSA) is 41.1 Å². The summed E-state index contributed by atoms with van der Waals surface area (Å²) in [6.45, 7) is 2.41. The highest BCUT2D eigenvalue weighted by Crippen LogP contribution is 1.63. The van der Waals surface area contributed by atoms with E-state index in [2.05, 4.69) is 5.32 Å². The van der Waals surface area contributed by atoms with Crippen LogP contribution in [-0.4, -0.2) is 12.6 Å². The van der Waals surface area contributed by atoms with E-state index in [1.54, 1.807) is 0 Å². The summed E-state index contributed by atoms with van der Waals surface area (Å²) < 4.78 is 0. The number of hydrogen-bond donors (Lipinski definition) is 2. The van der Waals surface area contributed by atoms with Gasteiger partial charge >= 0.3 is 6.03 Å². The number of urea groups is 1. The van der Waals surface area contributed by atoms with Crippen LogP contribution in [0.25, 0.3) is 0 Å². The maximum Gasteiger partial charge on any atom is 0.329 e. The molecule has 0 aromatic carbocycles. The second-order valence-corrected chi connectivity index (χ2v) is 1.14. The Balaban J connectivity index is 3.00. The van der Waals surface area contributed by atoms with Gasteiger partial charge in [-0.3, -0.25) is 0 Å². The maximum atomic E-state index is 10.1. The third-order valence-electron chi connectivity index (χ3n) is 0.423. The Hall–Kier alpha value is -0.440. The molecule has 0 aliphatic rings. The summed E-state index contributed by atoms with van der Waals surface area (Å²) >= 11 is 4.87. The third kappa shape index (κ3) is 3.39. The van der Waals surface area contributed by atoms with Gasteiger partial charge in [0.15, 0.2) is 0 Å². The maximum absolute atomic E-state index is 10.1. The van der Waals surface area contributed by atoms with Crippen LogP contribution in [0.2, 0.25) is 0 Å². The first kappa shape index (κ1) is 6.56. The molecule has 4 heteroatoms. The highest BCUT2D eigenvalue weighted by Gasteiger charge is 1.88. The summed E-state index contributed by atoms with van der Waals surface area (Å²) in [7, 11) is 0. The highest BCUT2D eigenvalue weighted by atomic mass is 35.5. The van der Waals surface area contributed by atoms with E-state index in [4.69, 9.17) is 11.8 Å². The van der Waals surface area contributed by atoms with Crippen molar-refractivity contribution in [2.45, 2.75) is 6.92 Å². The molecule has 0 aliphatic carbocycles. The Labute approximate surface area is 47.1 Å². The second-order valence-electron chi connectivity index (χ2n) is 0.954. The summed E-state index contributed by atoms with van der Waals surface area (Å²) in [5, 5.41) is 2.41. The molecule has 0 aromatic rings. The minimum absolute atomic E-state index is 0.357. The number of carbonyl (C=O) groups excluding carboxylic acids is 1. The number of rotatable bonds is 1. The fourth-order valence-corrected chi connectivity index (χ4v) is 0.261. The fraction of sp³-hybridized carbons (Fsp3) is 0.667. The molecule has 7 heavy (non-hydrogen) atoms. The van der Waals surface area contributed by atoms with E-state index in [1.807, 2.05) is 11.8 Å². The number of carbonyl (C=O) groups is 1. The van der Waals surface area contributed by atoms with Gasteiger partial charge < -0.3 is 5.32 Å². The van der Waals surface area contributed by atoms with Crippen molar-refractivity contribution in [1.82, 2.24) is 10.2 Å². The van der Waals surface area contributed by atoms with E-state index >= 15 is 0 Å². The van der Waals surface area contributed by atoms with Crippen LogP contribution in [0.15, 0.2) is 0 Å². The van der Waals surface area contributed by atoms with Crippen LogP contribution in [0.1, 0.15) is 6.92 Å². The molecule has 0 saturated carbocycles. The average Bonchev–Trinajstić information content (AvgIpc) is 1.68. The first-order valence-electron chi connectivity index (χ1n) is 1.95. The summed E-state index contributed by atoms with van der Waals surface area (Å²) in [4.78, 5) is 11.9. The van der Waals surface area contributed by atoms with Gasteiger partial charge in [0, 0.05) is 18.3 Å². The zero-order valence-electron chi connectivity index (χ0n) is 3.99. The summed E-state index contributed by atoms with van der Waals surface area (Å²) in [5.41, 5.74) is 0. The predicted molar refractivity (Wildman–Crippen MR) is 28.1 cm³/mol. The molecule has 0 aliphatic heterocycles. The first-order valence-corrected chi connectivity index (χ1v) is 2.33. The molecule has 0 rings (SSSR count). The van der Waals surface area contributed by atoms with Crippen molar-refractivity contribution >= 4 is 17.8 Å². The molecule has 0 spiro atoms. The predicted octanol–water partition coefficient (Wildman–Crippen LogP) is 0.459. The van der Waals surface area contributed by atoms with E-state index in [-0.39, 0.29) is 6.03 Å². The molecule has 0 aromatic heterocycles. The minimum atomic E-state index is -0.357. The number of halogens is 1. The van der Waals surface area contributed by atoms with Crippen molar-refractivity contribution in [3.63, 3.8) is 0 Å². The molecule has 0 radical (unpaired) electrons.